The van der Waals surface area contributed by atoms with Gasteiger partial charge in [0.2, 0.25) is 0 Å². The maximum absolute atomic E-state index is 6.22. The number of halogens is 1. The zero-order valence-corrected chi connectivity index (χ0v) is 12.3. The van der Waals surface area contributed by atoms with Crippen LogP contribution < -0.4 is 10.1 Å². The molecule has 1 aromatic rings. The van der Waals surface area contributed by atoms with Gasteiger partial charge in [-0.3, -0.25) is 0 Å². The minimum absolute atomic E-state index is 0.539. The fraction of sp³-hybridized carbons (Fsp3) is 0.625. The van der Waals surface area contributed by atoms with E-state index in [4.69, 9.17) is 16.3 Å². The molecule has 19 heavy (non-hydrogen) atoms. The summed E-state index contributed by atoms with van der Waals surface area (Å²) >= 11 is 6.22. The van der Waals surface area contributed by atoms with Crippen LogP contribution in [0, 0.1) is 5.92 Å². The largest absolute Gasteiger partial charge is 0.493 e. The summed E-state index contributed by atoms with van der Waals surface area (Å²) < 4.78 is 5.79. The monoisotopic (exact) mass is 279 g/mol. The first-order valence-corrected chi connectivity index (χ1v) is 7.75. The zero-order chi connectivity index (χ0) is 13.2. The van der Waals surface area contributed by atoms with E-state index in [9.17, 15) is 0 Å². The fourth-order valence-electron chi connectivity index (χ4n) is 3.20. The first-order valence-electron chi connectivity index (χ1n) is 7.37. The summed E-state index contributed by atoms with van der Waals surface area (Å²) in [5, 5.41) is 4.31. The van der Waals surface area contributed by atoms with Gasteiger partial charge < -0.3 is 10.1 Å². The average molecular weight is 280 g/mol. The second-order valence-electron chi connectivity index (χ2n) is 5.87. The van der Waals surface area contributed by atoms with Crippen LogP contribution in [0.4, 0.5) is 0 Å². The quantitative estimate of drug-likeness (QED) is 0.889. The molecule has 0 spiro atoms. The highest BCUT2D eigenvalue weighted by molar-refractivity contribution is 6.30. The Balaban J connectivity index is 1.74. The van der Waals surface area contributed by atoms with Crippen molar-refractivity contribution >= 4 is 11.6 Å². The number of benzene rings is 1. The van der Waals surface area contributed by atoms with Crippen molar-refractivity contribution in [2.24, 2.45) is 5.92 Å². The van der Waals surface area contributed by atoms with Crippen LogP contribution in [-0.2, 0) is 12.8 Å². The molecule has 104 valence electrons. The van der Waals surface area contributed by atoms with Gasteiger partial charge in [0, 0.05) is 17.5 Å². The zero-order valence-electron chi connectivity index (χ0n) is 11.5. The van der Waals surface area contributed by atoms with E-state index < -0.39 is 0 Å². The second kappa shape index (κ2) is 5.72. The van der Waals surface area contributed by atoms with Crippen LogP contribution in [-0.4, -0.2) is 19.7 Å². The molecule has 0 aromatic heterocycles. The van der Waals surface area contributed by atoms with Crippen LogP contribution >= 0.6 is 11.6 Å². The Kier molecular flexibility index (Phi) is 3.99. The van der Waals surface area contributed by atoms with E-state index in [2.05, 4.69) is 18.4 Å². The maximum Gasteiger partial charge on any atom is 0.125 e. The number of rotatable bonds is 5. The standard InChI is InChI=1S/C16H22ClNO/c1-18-15(7-11-3-2-4-11)10-13-9-14(17)8-12-5-6-19-16(12)13/h8-9,11,15,18H,2-7,10H2,1H3. The highest BCUT2D eigenvalue weighted by atomic mass is 35.5. The Morgan fingerprint density at radius 3 is 2.95 bits per heavy atom. The Morgan fingerprint density at radius 1 is 1.42 bits per heavy atom. The molecule has 2 nitrogen and oxygen atoms in total. The molecule has 1 aromatic carbocycles. The minimum atomic E-state index is 0.539. The maximum atomic E-state index is 6.22. The van der Waals surface area contributed by atoms with E-state index in [0.29, 0.717) is 6.04 Å². The Bertz CT molecular complexity index is 456. The van der Waals surface area contributed by atoms with E-state index in [1.54, 1.807) is 0 Å². The van der Waals surface area contributed by atoms with Crippen molar-refractivity contribution in [2.75, 3.05) is 13.7 Å². The van der Waals surface area contributed by atoms with Gasteiger partial charge in [0.15, 0.2) is 0 Å². The molecule has 1 N–H and O–H groups in total. The molecular formula is C16H22ClNO. The lowest BCUT2D eigenvalue weighted by atomic mass is 9.80. The van der Waals surface area contributed by atoms with Gasteiger partial charge in [-0.05, 0) is 49.1 Å². The van der Waals surface area contributed by atoms with Crippen molar-refractivity contribution in [2.45, 2.75) is 44.6 Å². The van der Waals surface area contributed by atoms with Gasteiger partial charge in [0.25, 0.3) is 0 Å². The van der Waals surface area contributed by atoms with E-state index >= 15 is 0 Å². The highest BCUT2D eigenvalue weighted by Crippen LogP contribution is 2.35. The molecule has 3 rings (SSSR count). The van der Waals surface area contributed by atoms with Crippen LogP contribution in [0.25, 0.3) is 0 Å². The summed E-state index contributed by atoms with van der Waals surface area (Å²) in [7, 11) is 2.06. The van der Waals surface area contributed by atoms with Gasteiger partial charge in [0.05, 0.1) is 6.61 Å². The Morgan fingerprint density at radius 2 is 2.26 bits per heavy atom. The van der Waals surface area contributed by atoms with Gasteiger partial charge in [-0.15, -0.1) is 0 Å². The first kappa shape index (κ1) is 13.3. The molecule has 1 unspecified atom stereocenters. The summed E-state index contributed by atoms with van der Waals surface area (Å²) in [4.78, 5) is 0. The number of hydrogen-bond donors (Lipinski definition) is 1. The lowest BCUT2D eigenvalue weighted by Crippen LogP contribution is -2.32. The van der Waals surface area contributed by atoms with Crippen molar-refractivity contribution < 1.29 is 4.74 Å². The lowest BCUT2D eigenvalue weighted by molar-refractivity contribution is 0.262. The van der Waals surface area contributed by atoms with E-state index in [-0.39, 0.29) is 0 Å². The first-order chi connectivity index (χ1) is 9.26. The van der Waals surface area contributed by atoms with Crippen LogP contribution in [0.1, 0.15) is 36.8 Å². The molecule has 1 atom stereocenters. The normalized spacial score (nSPS) is 19.7. The lowest BCUT2D eigenvalue weighted by Gasteiger charge is -2.29. The third-order valence-corrected chi connectivity index (χ3v) is 4.76. The average Bonchev–Trinajstić information content (AvgIpc) is 2.79. The molecule has 0 amide bonds. The van der Waals surface area contributed by atoms with Gasteiger partial charge in [-0.25, -0.2) is 0 Å². The highest BCUT2D eigenvalue weighted by Gasteiger charge is 2.24. The summed E-state index contributed by atoms with van der Waals surface area (Å²) in [6, 6.07) is 4.67. The third-order valence-electron chi connectivity index (χ3n) is 4.54. The molecule has 0 saturated heterocycles. The second-order valence-corrected chi connectivity index (χ2v) is 6.31. The van der Waals surface area contributed by atoms with Crippen molar-refractivity contribution in [3.63, 3.8) is 0 Å². The number of fused-ring (bicyclic) bond motifs is 1. The van der Waals surface area contributed by atoms with E-state index in [1.165, 1.54) is 36.8 Å². The Hall–Kier alpha value is -0.730. The van der Waals surface area contributed by atoms with Crippen molar-refractivity contribution in [1.82, 2.24) is 5.32 Å². The van der Waals surface area contributed by atoms with Gasteiger partial charge in [-0.1, -0.05) is 30.9 Å². The molecule has 1 aliphatic carbocycles. The molecule has 1 saturated carbocycles. The fourth-order valence-corrected chi connectivity index (χ4v) is 3.46. The van der Waals surface area contributed by atoms with Crippen LogP contribution in [0.3, 0.4) is 0 Å². The Labute approximate surface area is 120 Å². The molecule has 1 fully saturated rings. The molecular weight excluding hydrogens is 258 g/mol. The van der Waals surface area contributed by atoms with Gasteiger partial charge >= 0.3 is 0 Å². The summed E-state index contributed by atoms with van der Waals surface area (Å²) in [5.74, 6) is 2.02. The van der Waals surface area contributed by atoms with Crippen LogP contribution in [0.5, 0.6) is 5.75 Å². The van der Waals surface area contributed by atoms with Crippen LogP contribution in [0.2, 0.25) is 5.02 Å². The van der Waals surface area contributed by atoms with Crippen LogP contribution in [0.15, 0.2) is 12.1 Å². The van der Waals surface area contributed by atoms with Gasteiger partial charge in [0.1, 0.15) is 5.75 Å². The summed E-state index contributed by atoms with van der Waals surface area (Å²) in [5.41, 5.74) is 2.56. The van der Waals surface area contributed by atoms with Crippen molar-refractivity contribution in [3.8, 4) is 5.75 Å². The molecule has 3 heteroatoms. The predicted molar refractivity (Wildman–Crippen MR) is 79.2 cm³/mol. The van der Waals surface area contributed by atoms with Crippen molar-refractivity contribution in [3.05, 3.63) is 28.3 Å². The number of ether oxygens (including phenoxy) is 1. The van der Waals surface area contributed by atoms with Gasteiger partial charge in [-0.2, -0.15) is 0 Å². The molecule has 1 aliphatic heterocycles. The smallest absolute Gasteiger partial charge is 0.125 e. The van der Waals surface area contributed by atoms with E-state index in [1.807, 2.05) is 6.07 Å². The molecule has 0 radical (unpaired) electrons. The number of likely N-dealkylation sites (N-methyl/N-ethyl adjacent to an activating group) is 1. The summed E-state index contributed by atoms with van der Waals surface area (Å²) in [6.07, 6.45) is 7.52. The molecule has 0 bridgehead atoms. The molecule has 2 aliphatic rings. The third kappa shape index (κ3) is 2.90. The van der Waals surface area contributed by atoms with Crippen molar-refractivity contribution in [1.29, 1.82) is 0 Å². The number of nitrogens with one attached hydrogen (secondary N) is 1. The number of hydrogen-bond acceptors (Lipinski definition) is 2. The topological polar surface area (TPSA) is 21.3 Å². The minimum Gasteiger partial charge on any atom is -0.493 e. The summed E-state index contributed by atoms with van der Waals surface area (Å²) in [6.45, 7) is 0.801. The SMILES string of the molecule is CNC(Cc1cc(Cl)cc2c1OCC2)CC1CCC1. The molecule has 1 heterocycles. The van der Waals surface area contributed by atoms with E-state index in [0.717, 1.165) is 36.1 Å². The predicted octanol–water partition coefficient (Wildman–Crippen LogP) is 3.60.